The van der Waals surface area contributed by atoms with Crippen LogP contribution in [0.2, 0.25) is 0 Å². The van der Waals surface area contributed by atoms with E-state index < -0.39 is 12.1 Å². The highest BCUT2D eigenvalue weighted by atomic mass is 19.4. The molecule has 9 heteroatoms. The van der Waals surface area contributed by atoms with E-state index in [1.807, 2.05) is 4.90 Å². The number of nitrogens with one attached hydrogen (secondary N) is 1. The maximum Gasteiger partial charge on any atom is 0.392 e. The predicted octanol–water partition coefficient (Wildman–Crippen LogP) is 1.88. The van der Waals surface area contributed by atoms with E-state index >= 15 is 0 Å². The lowest BCUT2D eigenvalue weighted by Crippen LogP contribution is -2.44. The highest BCUT2D eigenvalue weighted by Crippen LogP contribution is 2.42. The molecule has 0 saturated carbocycles. The summed E-state index contributed by atoms with van der Waals surface area (Å²) in [7, 11) is 0. The predicted molar refractivity (Wildman–Crippen MR) is 82.9 cm³/mol. The van der Waals surface area contributed by atoms with Crippen molar-refractivity contribution in [1.82, 2.24) is 15.3 Å². The summed E-state index contributed by atoms with van der Waals surface area (Å²) in [5.41, 5.74) is 7.24. The van der Waals surface area contributed by atoms with Gasteiger partial charge < -0.3 is 20.4 Å². The molecule has 2 aromatic heterocycles. The molecule has 4 rings (SSSR count). The van der Waals surface area contributed by atoms with Crippen molar-refractivity contribution in [2.24, 2.45) is 5.92 Å². The number of hydrogen-bond acceptors (Lipinski definition) is 6. The fraction of sp³-hybridized carbons (Fsp3) is 0.600. The number of anilines is 2. The van der Waals surface area contributed by atoms with Crippen LogP contribution in [0.25, 0.3) is 11.1 Å². The Morgan fingerprint density at radius 1 is 1.21 bits per heavy atom. The normalized spacial score (nSPS) is 22.0. The van der Waals surface area contributed by atoms with Gasteiger partial charge in [-0.25, -0.2) is 4.98 Å². The molecule has 0 bridgehead atoms. The fourth-order valence-corrected chi connectivity index (χ4v) is 3.51. The summed E-state index contributed by atoms with van der Waals surface area (Å²) < 4.78 is 45.1. The Hall–Kier alpha value is -2.03. The van der Waals surface area contributed by atoms with Gasteiger partial charge in [0.05, 0.1) is 5.92 Å². The molecule has 3 heterocycles. The van der Waals surface area contributed by atoms with Crippen LogP contribution in [0.15, 0.2) is 4.42 Å². The van der Waals surface area contributed by atoms with Crippen LogP contribution in [0.1, 0.15) is 17.7 Å². The zero-order chi connectivity index (χ0) is 16.9. The molecule has 6 nitrogen and oxygen atoms in total. The van der Waals surface area contributed by atoms with Gasteiger partial charge in [0, 0.05) is 38.2 Å². The summed E-state index contributed by atoms with van der Waals surface area (Å²) in [4.78, 5) is 10.5. The zero-order valence-corrected chi connectivity index (χ0v) is 13.0. The van der Waals surface area contributed by atoms with Gasteiger partial charge in [0.15, 0.2) is 11.4 Å². The number of fused-ring (bicyclic) bond motifs is 3. The lowest BCUT2D eigenvalue weighted by molar-refractivity contribution is -0.177. The van der Waals surface area contributed by atoms with E-state index in [2.05, 4.69) is 15.3 Å². The second-order valence-electron chi connectivity index (χ2n) is 6.31. The van der Waals surface area contributed by atoms with Crippen LogP contribution < -0.4 is 16.0 Å². The lowest BCUT2D eigenvalue weighted by Gasteiger charge is -2.28. The minimum absolute atomic E-state index is 0.0438. The fourth-order valence-electron chi connectivity index (χ4n) is 3.51. The maximum atomic E-state index is 13.1. The van der Waals surface area contributed by atoms with Crippen molar-refractivity contribution in [1.29, 1.82) is 0 Å². The van der Waals surface area contributed by atoms with E-state index in [0.717, 1.165) is 26.2 Å². The first-order valence-corrected chi connectivity index (χ1v) is 8.03. The summed E-state index contributed by atoms with van der Waals surface area (Å²) in [5.74, 6) is -0.128. The molecule has 0 amide bonds. The van der Waals surface area contributed by atoms with Gasteiger partial charge >= 0.3 is 6.18 Å². The Morgan fingerprint density at radius 3 is 2.67 bits per heavy atom. The van der Waals surface area contributed by atoms with Gasteiger partial charge in [0.2, 0.25) is 5.95 Å². The Balaban J connectivity index is 1.80. The van der Waals surface area contributed by atoms with Gasteiger partial charge in [-0.1, -0.05) is 0 Å². The van der Waals surface area contributed by atoms with Gasteiger partial charge in [-0.15, -0.1) is 0 Å². The van der Waals surface area contributed by atoms with Crippen molar-refractivity contribution in [3.05, 3.63) is 11.3 Å². The molecular formula is C15H18F3N5O. The third-order valence-corrected chi connectivity index (χ3v) is 4.76. The van der Waals surface area contributed by atoms with Gasteiger partial charge in [-0.3, -0.25) is 0 Å². The largest absolute Gasteiger partial charge is 0.455 e. The number of nitrogens with two attached hydrogens (primary N) is 1. The van der Waals surface area contributed by atoms with E-state index in [-0.39, 0.29) is 25.2 Å². The van der Waals surface area contributed by atoms with Crippen LogP contribution in [-0.4, -0.2) is 42.3 Å². The number of nitrogens with zero attached hydrogens (tertiary/aromatic N) is 3. The van der Waals surface area contributed by atoms with E-state index in [4.69, 9.17) is 10.2 Å². The third-order valence-electron chi connectivity index (χ3n) is 4.76. The highest BCUT2D eigenvalue weighted by molar-refractivity contribution is 5.89. The van der Waals surface area contributed by atoms with Crippen LogP contribution in [-0.2, 0) is 12.8 Å². The van der Waals surface area contributed by atoms with Crippen LogP contribution in [0.3, 0.4) is 0 Å². The molecule has 0 aromatic carbocycles. The Labute approximate surface area is 136 Å². The summed E-state index contributed by atoms with van der Waals surface area (Å²) in [6.07, 6.45) is -4.01. The topological polar surface area (TPSA) is 80.2 Å². The molecule has 3 N–H and O–H groups in total. The highest BCUT2D eigenvalue weighted by Gasteiger charge is 2.43. The average Bonchev–Trinajstić information content (AvgIpc) is 2.92. The van der Waals surface area contributed by atoms with Crippen LogP contribution >= 0.6 is 0 Å². The molecule has 0 spiro atoms. The molecule has 1 aliphatic carbocycles. The summed E-state index contributed by atoms with van der Waals surface area (Å²) in [6.45, 7) is 3.09. The van der Waals surface area contributed by atoms with E-state index in [0.29, 0.717) is 28.2 Å². The minimum atomic E-state index is -4.21. The molecule has 2 aliphatic rings. The van der Waals surface area contributed by atoms with Gasteiger partial charge in [0.1, 0.15) is 11.3 Å². The molecule has 24 heavy (non-hydrogen) atoms. The summed E-state index contributed by atoms with van der Waals surface area (Å²) in [6, 6.07) is 0. The first-order chi connectivity index (χ1) is 11.4. The molecule has 2 aromatic rings. The number of furan rings is 1. The summed E-state index contributed by atoms with van der Waals surface area (Å²) in [5, 5.41) is 3.25. The van der Waals surface area contributed by atoms with Gasteiger partial charge in [0.25, 0.3) is 0 Å². The van der Waals surface area contributed by atoms with Crippen LogP contribution in [0.4, 0.5) is 24.9 Å². The molecule has 1 fully saturated rings. The van der Waals surface area contributed by atoms with Crippen LogP contribution in [0, 0.1) is 5.92 Å². The smallest absolute Gasteiger partial charge is 0.392 e. The molecular weight excluding hydrogens is 323 g/mol. The van der Waals surface area contributed by atoms with E-state index in [9.17, 15) is 13.2 Å². The summed E-state index contributed by atoms with van der Waals surface area (Å²) >= 11 is 0. The quantitative estimate of drug-likeness (QED) is 0.824. The maximum absolute atomic E-state index is 13.1. The standard InChI is InChI=1S/C15H18F3N5O/c16-15(17,18)8-1-2-10-9(7-8)11-12(24-10)13(22-14(19)21-11)23-5-3-20-4-6-23/h8,20H,1-7H2,(H2,19,21,22). The first-order valence-electron chi connectivity index (χ1n) is 8.03. The van der Waals surface area contributed by atoms with Crippen LogP contribution in [0.5, 0.6) is 0 Å². The van der Waals surface area contributed by atoms with Crippen molar-refractivity contribution < 1.29 is 17.6 Å². The molecule has 1 saturated heterocycles. The van der Waals surface area contributed by atoms with Crippen molar-refractivity contribution in [2.45, 2.75) is 25.4 Å². The second kappa shape index (κ2) is 5.51. The van der Waals surface area contributed by atoms with E-state index in [1.165, 1.54) is 0 Å². The Morgan fingerprint density at radius 2 is 1.96 bits per heavy atom. The zero-order valence-electron chi connectivity index (χ0n) is 13.0. The number of halogens is 3. The number of rotatable bonds is 1. The van der Waals surface area contributed by atoms with E-state index in [1.54, 1.807) is 0 Å². The number of nitrogen functional groups attached to an aromatic ring is 1. The van der Waals surface area contributed by atoms with Crippen molar-refractivity contribution in [2.75, 3.05) is 36.8 Å². The average molecular weight is 341 g/mol. The number of piperazine rings is 1. The van der Waals surface area contributed by atoms with Gasteiger partial charge in [-0.05, 0) is 12.8 Å². The minimum Gasteiger partial charge on any atom is -0.455 e. The second-order valence-corrected chi connectivity index (χ2v) is 6.31. The monoisotopic (exact) mass is 341 g/mol. The number of aryl methyl sites for hydroxylation is 1. The molecule has 1 unspecified atom stereocenters. The molecule has 130 valence electrons. The first kappa shape index (κ1) is 15.5. The Kier molecular flexibility index (Phi) is 3.56. The third kappa shape index (κ3) is 2.56. The molecule has 0 radical (unpaired) electrons. The lowest BCUT2D eigenvalue weighted by atomic mass is 9.87. The number of hydrogen-bond donors (Lipinski definition) is 2. The Bertz CT molecular complexity index is 767. The molecule has 1 aliphatic heterocycles. The van der Waals surface area contributed by atoms with Crippen molar-refractivity contribution >= 4 is 22.9 Å². The van der Waals surface area contributed by atoms with Crippen molar-refractivity contribution in [3.8, 4) is 0 Å². The van der Waals surface area contributed by atoms with Crippen molar-refractivity contribution in [3.63, 3.8) is 0 Å². The molecule has 1 atom stereocenters. The number of aromatic nitrogens is 2. The van der Waals surface area contributed by atoms with Gasteiger partial charge in [-0.2, -0.15) is 18.2 Å². The number of alkyl halides is 3. The SMILES string of the molecule is Nc1nc(N2CCNCC2)c2oc3c(c2n1)CC(C(F)(F)F)CC3.